The summed E-state index contributed by atoms with van der Waals surface area (Å²) in [6, 6.07) is -0.585. The van der Waals surface area contributed by atoms with Crippen LogP contribution in [0.5, 0.6) is 0 Å². The summed E-state index contributed by atoms with van der Waals surface area (Å²) in [6.45, 7) is 3.24. The Morgan fingerprint density at radius 2 is 1.91 bits per heavy atom. The number of carbonyl (C=O) groups is 1. The second-order valence-corrected chi connectivity index (χ2v) is 9.85. The van der Waals surface area contributed by atoms with Crippen LogP contribution in [0.25, 0.3) is 10.3 Å². The SMILES string of the molecule is CC(C)[C@H](N)C(=O)OC[C@H]1O[C@@H](n2c(=O)sc3c(NC4CCCC4)nc(N)nc32)[C@H](O)[C@@H]1O.Cl.Cl. The highest BCUT2D eigenvalue weighted by molar-refractivity contribution is 7.17. The Kier molecular flexibility index (Phi) is 10.1. The fourth-order valence-corrected chi connectivity index (χ4v) is 5.03. The van der Waals surface area contributed by atoms with Crippen LogP contribution in [0, 0.1) is 5.92 Å². The number of nitrogens with two attached hydrogens (primary N) is 2. The molecule has 5 atom stereocenters. The van der Waals surface area contributed by atoms with Crippen LogP contribution in [0.3, 0.4) is 0 Å². The third kappa shape index (κ3) is 5.98. The number of carbonyl (C=O) groups excluding carboxylic acids is 1. The van der Waals surface area contributed by atoms with Gasteiger partial charge in [0.25, 0.3) is 0 Å². The van der Waals surface area contributed by atoms with E-state index in [1.54, 1.807) is 13.8 Å². The van der Waals surface area contributed by atoms with E-state index in [1.807, 2.05) is 0 Å². The summed E-state index contributed by atoms with van der Waals surface area (Å²) in [7, 11) is 0. The first kappa shape index (κ1) is 29.5. The minimum Gasteiger partial charge on any atom is -0.462 e. The Morgan fingerprint density at radius 1 is 1.26 bits per heavy atom. The zero-order chi connectivity index (χ0) is 23.9. The van der Waals surface area contributed by atoms with Crippen molar-refractivity contribution < 1.29 is 24.5 Å². The van der Waals surface area contributed by atoms with E-state index < -0.39 is 41.4 Å². The molecule has 1 aliphatic carbocycles. The number of aromatic nitrogens is 3. The van der Waals surface area contributed by atoms with Crippen molar-refractivity contribution in [2.24, 2.45) is 11.7 Å². The van der Waals surface area contributed by atoms with E-state index in [9.17, 15) is 19.8 Å². The molecular weight excluding hydrogens is 523 g/mol. The Hall–Kier alpha value is -1.74. The number of anilines is 2. The molecule has 1 saturated heterocycles. The molecule has 3 heterocycles. The molecule has 7 N–H and O–H groups in total. The first-order valence-corrected chi connectivity index (χ1v) is 11.9. The van der Waals surface area contributed by atoms with E-state index in [1.165, 1.54) is 0 Å². The largest absolute Gasteiger partial charge is 0.462 e. The summed E-state index contributed by atoms with van der Waals surface area (Å²) in [5.74, 6) is -0.333. The standard InChI is InChI=1S/C20H30N6O6S.2ClH/c1-8(2)11(21)18(29)31-7-10-12(27)13(28)17(32-10)26-16-14(33-20(26)30)15(24-19(22)25-16)23-9-5-3-4-6-9;;/h8-13,17,27-28H,3-7,21H2,1-2H3,(H3,22,23,24,25);2*1H/t10-,11+,12-,13-,17-;;/m1../s1. The lowest BCUT2D eigenvalue weighted by Gasteiger charge is -2.18. The number of nitrogen functional groups attached to an aromatic ring is 1. The molecule has 15 heteroatoms. The average molecular weight is 555 g/mol. The summed E-state index contributed by atoms with van der Waals surface area (Å²) in [5.41, 5.74) is 11.9. The highest BCUT2D eigenvalue weighted by Gasteiger charge is 2.46. The second kappa shape index (κ2) is 12.0. The van der Waals surface area contributed by atoms with Crippen molar-refractivity contribution in [1.82, 2.24) is 14.5 Å². The highest BCUT2D eigenvalue weighted by atomic mass is 35.5. The molecule has 4 rings (SSSR count). The van der Waals surface area contributed by atoms with E-state index in [-0.39, 0.29) is 55.0 Å². The van der Waals surface area contributed by atoms with Gasteiger partial charge < -0.3 is 36.5 Å². The maximum absolute atomic E-state index is 12.9. The third-order valence-corrected chi connectivity index (χ3v) is 7.10. The lowest BCUT2D eigenvalue weighted by molar-refractivity contribution is -0.152. The number of hydrogen-bond acceptors (Lipinski definition) is 12. The number of aliphatic hydroxyl groups excluding tert-OH is 2. The molecule has 198 valence electrons. The summed E-state index contributed by atoms with van der Waals surface area (Å²) < 4.78 is 12.6. The van der Waals surface area contributed by atoms with Crippen LogP contribution in [0.15, 0.2) is 4.79 Å². The molecule has 35 heavy (non-hydrogen) atoms. The van der Waals surface area contributed by atoms with E-state index >= 15 is 0 Å². The van der Waals surface area contributed by atoms with Crippen LogP contribution in [-0.4, -0.2) is 67.7 Å². The molecule has 0 amide bonds. The fourth-order valence-electron chi connectivity index (χ4n) is 4.13. The summed E-state index contributed by atoms with van der Waals surface area (Å²) in [4.78, 5) is 33.0. The number of nitrogens with one attached hydrogen (secondary N) is 1. The Balaban J connectivity index is 0.00000216. The zero-order valence-corrected chi connectivity index (χ0v) is 21.8. The normalized spacial score (nSPS) is 25.3. The number of rotatable bonds is 7. The van der Waals surface area contributed by atoms with Crippen LogP contribution in [0.1, 0.15) is 45.8 Å². The summed E-state index contributed by atoms with van der Waals surface area (Å²) in [5, 5.41) is 24.4. The Morgan fingerprint density at radius 3 is 2.54 bits per heavy atom. The lowest BCUT2D eigenvalue weighted by Crippen LogP contribution is -2.40. The van der Waals surface area contributed by atoms with Gasteiger partial charge in [-0.1, -0.05) is 38.0 Å². The van der Waals surface area contributed by atoms with Gasteiger partial charge in [-0.3, -0.25) is 14.2 Å². The van der Waals surface area contributed by atoms with E-state index in [0.717, 1.165) is 41.6 Å². The van der Waals surface area contributed by atoms with E-state index in [2.05, 4.69) is 15.3 Å². The Bertz CT molecular complexity index is 1080. The first-order valence-electron chi connectivity index (χ1n) is 11.1. The molecule has 2 fully saturated rings. The van der Waals surface area contributed by atoms with Gasteiger partial charge in [-0.2, -0.15) is 9.97 Å². The van der Waals surface area contributed by atoms with Gasteiger partial charge in [-0.15, -0.1) is 24.8 Å². The molecule has 1 saturated carbocycles. The van der Waals surface area contributed by atoms with Crippen LogP contribution < -0.4 is 21.7 Å². The smallest absolute Gasteiger partial charge is 0.323 e. The monoisotopic (exact) mass is 554 g/mol. The number of ether oxygens (including phenoxy) is 2. The van der Waals surface area contributed by atoms with Crippen molar-refractivity contribution in [2.75, 3.05) is 17.7 Å². The maximum atomic E-state index is 12.9. The molecule has 2 aliphatic rings. The van der Waals surface area contributed by atoms with Crippen molar-refractivity contribution in [1.29, 1.82) is 0 Å². The van der Waals surface area contributed by atoms with Crippen LogP contribution in [0.2, 0.25) is 0 Å². The molecule has 0 bridgehead atoms. The van der Waals surface area contributed by atoms with Gasteiger partial charge in [0.1, 0.15) is 35.7 Å². The van der Waals surface area contributed by atoms with Gasteiger partial charge >= 0.3 is 10.8 Å². The molecular formula is C20H32Cl2N6O6S. The predicted octanol–water partition coefficient (Wildman–Crippen LogP) is 0.779. The maximum Gasteiger partial charge on any atom is 0.323 e. The van der Waals surface area contributed by atoms with E-state index in [4.69, 9.17) is 20.9 Å². The van der Waals surface area contributed by atoms with E-state index in [0.29, 0.717) is 10.5 Å². The number of hydrogen-bond donors (Lipinski definition) is 5. The zero-order valence-electron chi connectivity index (χ0n) is 19.3. The van der Waals surface area contributed by atoms with Crippen molar-refractivity contribution in [3.05, 3.63) is 9.67 Å². The molecule has 2 aromatic heterocycles. The van der Waals surface area contributed by atoms with Gasteiger partial charge in [0.15, 0.2) is 17.7 Å². The number of nitrogens with zero attached hydrogens (tertiary/aromatic N) is 3. The predicted molar refractivity (Wildman–Crippen MR) is 136 cm³/mol. The quantitative estimate of drug-likeness (QED) is 0.304. The molecule has 1 aliphatic heterocycles. The number of esters is 1. The number of aliphatic hydroxyl groups is 2. The van der Waals surface area contributed by atoms with Gasteiger partial charge in [-0.25, -0.2) is 0 Å². The number of halogens is 2. The fraction of sp³-hybridized carbons (Fsp3) is 0.700. The molecule has 0 aromatic carbocycles. The number of fused-ring (bicyclic) bond motifs is 1. The first-order chi connectivity index (χ1) is 15.7. The van der Waals surface area contributed by atoms with Crippen molar-refractivity contribution >= 4 is 64.2 Å². The summed E-state index contributed by atoms with van der Waals surface area (Å²) >= 11 is 0.904. The molecule has 12 nitrogen and oxygen atoms in total. The third-order valence-electron chi connectivity index (χ3n) is 6.15. The van der Waals surface area contributed by atoms with Gasteiger partial charge in [0.2, 0.25) is 5.95 Å². The van der Waals surface area contributed by atoms with Crippen LogP contribution in [0.4, 0.5) is 11.8 Å². The topological polar surface area (TPSA) is 188 Å². The molecule has 0 spiro atoms. The minimum atomic E-state index is -1.45. The molecule has 0 unspecified atom stereocenters. The lowest BCUT2D eigenvalue weighted by atomic mass is 10.1. The van der Waals surface area contributed by atoms with Crippen LogP contribution >= 0.6 is 36.2 Å². The average Bonchev–Trinajstić information content (AvgIpc) is 3.46. The second-order valence-electron chi connectivity index (χ2n) is 8.89. The van der Waals surface area contributed by atoms with Crippen LogP contribution in [-0.2, 0) is 14.3 Å². The molecule has 2 aromatic rings. The van der Waals surface area contributed by atoms with Crippen molar-refractivity contribution in [2.45, 2.75) is 76.2 Å². The van der Waals surface area contributed by atoms with Gasteiger partial charge in [0, 0.05) is 6.04 Å². The van der Waals surface area contributed by atoms with Gasteiger partial charge in [-0.05, 0) is 18.8 Å². The van der Waals surface area contributed by atoms with Crippen molar-refractivity contribution in [3.8, 4) is 0 Å². The molecule has 0 radical (unpaired) electrons. The highest BCUT2D eigenvalue weighted by Crippen LogP contribution is 2.34. The summed E-state index contributed by atoms with van der Waals surface area (Å²) in [6.07, 6.45) is -0.903. The van der Waals surface area contributed by atoms with Gasteiger partial charge in [0.05, 0.1) is 0 Å². The minimum absolute atomic E-state index is 0. The number of thiazole rings is 1. The van der Waals surface area contributed by atoms with Crippen molar-refractivity contribution in [3.63, 3.8) is 0 Å². The Labute approximate surface area is 218 Å².